The van der Waals surface area contributed by atoms with Gasteiger partial charge >= 0.3 is 0 Å². The first-order valence-electron chi connectivity index (χ1n) is 6.33. The molecule has 0 atom stereocenters. The van der Waals surface area contributed by atoms with Crippen LogP contribution in [0.2, 0.25) is 5.02 Å². The summed E-state index contributed by atoms with van der Waals surface area (Å²) in [5.74, 6) is -0.186. The van der Waals surface area contributed by atoms with Crippen LogP contribution in [0.3, 0.4) is 0 Å². The van der Waals surface area contributed by atoms with E-state index in [-0.39, 0.29) is 5.91 Å². The van der Waals surface area contributed by atoms with Crippen LogP contribution in [0, 0.1) is 0 Å². The fraction of sp³-hybridized carbons (Fsp3) is 0.286. The van der Waals surface area contributed by atoms with E-state index >= 15 is 0 Å². The number of imidazole rings is 1. The van der Waals surface area contributed by atoms with Gasteiger partial charge in [-0.2, -0.15) is 0 Å². The first-order chi connectivity index (χ1) is 9.77. The van der Waals surface area contributed by atoms with Crippen LogP contribution < -0.4 is 5.32 Å². The maximum Gasteiger partial charge on any atom is 0.252 e. The Morgan fingerprint density at radius 2 is 2.20 bits per heavy atom. The lowest BCUT2D eigenvalue weighted by molar-refractivity contribution is 0.0908. The van der Waals surface area contributed by atoms with E-state index in [9.17, 15) is 4.79 Å². The smallest absolute Gasteiger partial charge is 0.252 e. The average Bonchev–Trinajstić information content (AvgIpc) is 2.96. The topological polar surface area (TPSA) is 56.1 Å². The zero-order valence-corrected chi connectivity index (χ0v) is 11.7. The second kappa shape index (κ2) is 7.67. The van der Waals surface area contributed by atoms with E-state index in [1.807, 2.05) is 10.8 Å². The largest absolute Gasteiger partial charge is 0.378 e. The van der Waals surface area contributed by atoms with E-state index in [2.05, 4.69) is 10.3 Å². The number of ether oxygens (including phenoxy) is 1. The maximum atomic E-state index is 11.8. The molecule has 6 heteroatoms. The van der Waals surface area contributed by atoms with Gasteiger partial charge in [0, 0.05) is 25.5 Å². The van der Waals surface area contributed by atoms with Crippen LogP contribution >= 0.6 is 11.6 Å². The number of nitrogens with zero attached hydrogens (tertiary/aromatic N) is 2. The number of hydrogen-bond acceptors (Lipinski definition) is 3. The molecular weight excluding hydrogens is 278 g/mol. The predicted molar refractivity (Wildman–Crippen MR) is 76.8 cm³/mol. The van der Waals surface area contributed by atoms with Crippen LogP contribution in [-0.2, 0) is 11.3 Å². The van der Waals surface area contributed by atoms with E-state index in [4.69, 9.17) is 16.3 Å². The molecule has 1 heterocycles. The van der Waals surface area contributed by atoms with Crippen molar-refractivity contribution in [3.05, 3.63) is 53.6 Å². The van der Waals surface area contributed by atoms with Gasteiger partial charge in [-0.1, -0.05) is 23.7 Å². The molecule has 2 aromatic rings. The summed E-state index contributed by atoms with van der Waals surface area (Å²) in [5, 5.41) is 3.22. The molecule has 0 radical (unpaired) electrons. The molecule has 0 fully saturated rings. The maximum absolute atomic E-state index is 11.8. The van der Waals surface area contributed by atoms with Gasteiger partial charge in [-0.3, -0.25) is 4.79 Å². The zero-order valence-electron chi connectivity index (χ0n) is 11.0. The molecule has 0 unspecified atom stereocenters. The summed E-state index contributed by atoms with van der Waals surface area (Å²) in [5.41, 5.74) is 0.479. The van der Waals surface area contributed by atoms with Crippen molar-refractivity contribution in [3.8, 4) is 0 Å². The third kappa shape index (κ3) is 4.36. The summed E-state index contributed by atoms with van der Waals surface area (Å²) < 4.78 is 7.36. The van der Waals surface area contributed by atoms with Crippen molar-refractivity contribution in [1.29, 1.82) is 0 Å². The quantitative estimate of drug-likeness (QED) is 0.794. The molecule has 1 aromatic carbocycles. The Hall–Kier alpha value is -1.85. The van der Waals surface area contributed by atoms with Gasteiger partial charge in [-0.25, -0.2) is 4.98 Å². The van der Waals surface area contributed by atoms with Crippen molar-refractivity contribution in [2.75, 3.05) is 19.8 Å². The fourth-order valence-electron chi connectivity index (χ4n) is 1.67. The highest BCUT2D eigenvalue weighted by molar-refractivity contribution is 6.33. The molecule has 0 saturated carbocycles. The zero-order chi connectivity index (χ0) is 14.2. The Morgan fingerprint density at radius 1 is 1.35 bits per heavy atom. The Kier molecular flexibility index (Phi) is 5.58. The molecule has 2 rings (SSSR count). The van der Waals surface area contributed by atoms with E-state index in [1.165, 1.54) is 0 Å². The number of carbonyl (C=O) groups excluding carboxylic acids is 1. The first-order valence-corrected chi connectivity index (χ1v) is 6.71. The molecule has 0 saturated heterocycles. The SMILES string of the molecule is O=C(NCCOCCn1ccnc1)c1ccccc1Cl. The number of halogens is 1. The van der Waals surface area contributed by atoms with Crippen LogP contribution in [0.4, 0.5) is 0 Å². The van der Waals surface area contributed by atoms with Crippen molar-refractivity contribution in [2.24, 2.45) is 0 Å². The molecule has 0 aliphatic rings. The highest BCUT2D eigenvalue weighted by atomic mass is 35.5. The lowest BCUT2D eigenvalue weighted by Gasteiger charge is -2.07. The Balaban J connectivity index is 1.61. The molecule has 5 nitrogen and oxygen atoms in total. The summed E-state index contributed by atoms with van der Waals surface area (Å²) >= 11 is 5.94. The minimum atomic E-state index is -0.186. The van der Waals surface area contributed by atoms with Crippen molar-refractivity contribution in [3.63, 3.8) is 0 Å². The van der Waals surface area contributed by atoms with Gasteiger partial charge in [-0.15, -0.1) is 0 Å². The van der Waals surface area contributed by atoms with Crippen LogP contribution in [0.15, 0.2) is 43.0 Å². The monoisotopic (exact) mass is 293 g/mol. The molecule has 0 aliphatic carbocycles. The summed E-state index contributed by atoms with van der Waals surface area (Å²) in [4.78, 5) is 15.8. The number of benzene rings is 1. The van der Waals surface area contributed by atoms with Crippen LogP contribution in [-0.4, -0.2) is 35.2 Å². The predicted octanol–water partition coefficient (Wildman–Crippen LogP) is 1.98. The minimum Gasteiger partial charge on any atom is -0.378 e. The third-order valence-electron chi connectivity index (χ3n) is 2.70. The van der Waals surface area contributed by atoms with E-state index in [0.717, 1.165) is 6.54 Å². The number of hydrogen-bond donors (Lipinski definition) is 1. The van der Waals surface area contributed by atoms with Crippen LogP contribution in [0.5, 0.6) is 0 Å². The summed E-state index contributed by atoms with van der Waals surface area (Å²) in [6.45, 7) is 2.25. The van der Waals surface area contributed by atoms with Gasteiger partial charge < -0.3 is 14.6 Å². The van der Waals surface area contributed by atoms with E-state index in [1.54, 1.807) is 36.8 Å². The van der Waals surface area contributed by atoms with Crippen LogP contribution in [0.1, 0.15) is 10.4 Å². The molecule has 0 bridgehead atoms. The second-order valence-corrected chi connectivity index (χ2v) is 4.56. The number of carbonyl (C=O) groups is 1. The molecule has 20 heavy (non-hydrogen) atoms. The molecule has 1 N–H and O–H groups in total. The van der Waals surface area contributed by atoms with Gasteiger partial charge in [0.2, 0.25) is 0 Å². The van der Waals surface area contributed by atoms with E-state index < -0.39 is 0 Å². The van der Waals surface area contributed by atoms with Gasteiger partial charge in [0.1, 0.15) is 0 Å². The average molecular weight is 294 g/mol. The van der Waals surface area contributed by atoms with Crippen molar-refractivity contribution in [1.82, 2.24) is 14.9 Å². The van der Waals surface area contributed by atoms with Crippen molar-refractivity contribution < 1.29 is 9.53 Å². The molecule has 1 amide bonds. The number of rotatable bonds is 7. The van der Waals surface area contributed by atoms with Crippen molar-refractivity contribution in [2.45, 2.75) is 6.54 Å². The Morgan fingerprint density at radius 3 is 2.95 bits per heavy atom. The molecule has 106 valence electrons. The molecule has 1 aromatic heterocycles. The molecular formula is C14H16ClN3O2. The second-order valence-electron chi connectivity index (χ2n) is 4.15. The first kappa shape index (κ1) is 14.6. The third-order valence-corrected chi connectivity index (χ3v) is 3.03. The summed E-state index contributed by atoms with van der Waals surface area (Å²) in [6, 6.07) is 6.95. The Bertz CT molecular complexity index is 543. The van der Waals surface area contributed by atoms with Gasteiger partial charge in [0.25, 0.3) is 5.91 Å². The van der Waals surface area contributed by atoms with Gasteiger partial charge in [0.05, 0.1) is 30.1 Å². The van der Waals surface area contributed by atoms with Gasteiger partial charge in [-0.05, 0) is 12.1 Å². The fourth-order valence-corrected chi connectivity index (χ4v) is 1.89. The molecule has 0 spiro atoms. The standard InChI is InChI=1S/C14H16ClN3O2/c15-13-4-2-1-3-12(13)14(19)17-6-9-20-10-8-18-7-5-16-11-18/h1-5,7,11H,6,8-10H2,(H,17,19). The van der Waals surface area contributed by atoms with Crippen LogP contribution in [0.25, 0.3) is 0 Å². The highest BCUT2D eigenvalue weighted by Crippen LogP contribution is 2.14. The lowest BCUT2D eigenvalue weighted by Crippen LogP contribution is -2.27. The van der Waals surface area contributed by atoms with Gasteiger partial charge in [0.15, 0.2) is 0 Å². The number of amides is 1. The number of aromatic nitrogens is 2. The lowest BCUT2D eigenvalue weighted by atomic mass is 10.2. The normalized spacial score (nSPS) is 10.4. The Labute approximate surface area is 122 Å². The molecule has 0 aliphatic heterocycles. The van der Waals surface area contributed by atoms with E-state index in [0.29, 0.717) is 30.3 Å². The van der Waals surface area contributed by atoms with Crippen molar-refractivity contribution >= 4 is 17.5 Å². The minimum absolute atomic E-state index is 0.186. The highest BCUT2D eigenvalue weighted by Gasteiger charge is 2.07. The number of nitrogens with one attached hydrogen (secondary N) is 1. The summed E-state index contributed by atoms with van der Waals surface area (Å²) in [7, 11) is 0. The summed E-state index contributed by atoms with van der Waals surface area (Å²) in [6.07, 6.45) is 5.34.